The maximum Gasteiger partial charge on any atom is 0.0547 e. The molecule has 1 N–H and O–H groups in total. The quantitative estimate of drug-likeness (QED) is 0.824. The molecule has 0 heterocycles. The van der Waals surface area contributed by atoms with Gasteiger partial charge in [-0.2, -0.15) is 11.8 Å². The van der Waals surface area contributed by atoms with E-state index in [-0.39, 0.29) is 6.61 Å². The summed E-state index contributed by atoms with van der Waals surface area (Å²) < 4.78 is 0. The summed E-state index contributed by atoms with van der Waals surface area (Å²) in [4.78, 5) is 0. The summed E-state index contributed by atoms with van der Waals surface area (Å²) in [6, 6.07) is 6.61. The highest BCUT2D eigenvalue weighted by molar-refractivity contribution is 7.99. The van der Waals surface area contributed by atoms with Crippen LogP contribution in [0.1, 0.15) is 23.6 Å². The van der Waals surface area contributed by atoms with E-state index in [1.807, 2.05) is 6.92 Å². The second kappa shape index (κ2) is 5.42. The standard InChI is InChI=1S/C12H18OS/c1-9-4-10(2)6-12(5-9)8-14-11(3)7-13/h4-6,11,13H,7-8H2,1-3H3. The molecule has 14 heavy (non-hydrogen) atoms. The fraction of sp³-hybridized carbons (Fsp3) is 0.500. The van der Waals surface area contributed by atoms with Crippen LogP contribution >= 0.6 is 11.8 Å². The molecule has 1 unspecified atom stereocenters. The molecule has 0 amide bonds. The van der Waals surface area contributed by atoms with Crippen LogP contribution in [-0.2, 0) is 5.75 Å². The number of aliphatic hydroxyl groups excluding tert-OH is 1. The van der Waals surface area contributed by atoms with Crippen molar-refractivity contribution in [2.75, 3.05) is 6.61 Å². The number of benzene rings is 1. The average molecular weight is 210 g/mol. The molecule has 0 aliphatic heterocycles. The minimum atomic E-state index is 0.259. The average Bonchev–Trinajstić information content (AvgIpc) is 2.12. The van der Waals surface area contributed by atoms with Crippen molar-refractivity contribution in [3.63, 3.8) is 0 Å². The van der Waals surface area contributed by atoms with Gasteiger partial charge in [-0.15, -0.1) is 0 Å². The highest BCUT2D eigenvalue weighted by atomic mass is 32.2. The number of aryl methyl sites for hydroxylation is 2. The molecule has 0 aliphatic carbocycles. The van der Waals surface area contributed by atoms with E-state index in [4.69, 9.17) is 5.11 Å². The van der Waals surface area contributed by atoms with Crippen molar-refractivity contribution in [3.8, 4) is 0 Å². The normalized spacial score (nSPS) is 12.9. The molecule has 1 nitrogen and oxygen atoms in total. The van der Waals surface area contributed by atoms with Gasteiger partial charge < -0.3 is 5.11 Å². The van der Waals surface area contributed by atoms with Crippen molar-refractivity contribution in [2.24, 2.45) is 0 Å². The van der Waals surface area contributed by atoms with Gasteiger partial charge >= 0.3 is 0 Å². The van der Waals surface area contributed by atoms with Crippen LogP contribution in [0.4, 0.5) is 0 Å². The van der Waals surface area contributed by atoms with Crippen molar-refractivity contribution in [1.82, 2.24) is 0 Å². The van der Waals surface area contributed by atoms with E-state index in [0.717, 1.165) is 5.75 Å². The highest BCUT2D eigenvalue weighted by Crippen LogP contribution is 2.19. The Labute approximate surface area is 90.5 Å². The Bertz CT molecular complexity index is 276. The second-order valence-electron chi connectivity index (χ2n) is 3.80. The van der Waals surface area contributed by atoms with E-state index in [1.165, 1.54) is 16.7 Å². The van der Waals surface area contributed by atoms with Crippen LogP contribution in [0.15, 0.2) is 18.2 Å². The molecule has 0 bridgehead atoms. The lowest BCUT2D eigenvalue weighted by molar-refractivity contribution is 0.300. The Morgan fingerprint density at radius 1 is 1.21 bits per heavy atom. The summed E-state index contributed by atoms with van der Waals surface area (Å²) in [5.74, 6) is 0.990. The van der Waals surface area contributed by atoms with Crippen LogP contribution in [0, 0.1) is 13.8 Å². The summed E-state index contributed by atoms with van der Waals surface area (Å²) in [6.07, 6.45) is 0. The lowest BCUT2D eigenvalue weighted by Crippen LogP contribution is -2.02. The molecule has 0 spiro atoms. The topological polar surface area (TPSA) is 20.2 Å². The minimum absolute atomic E-state index is 0.259. The van der Waals surface area contributed by atoms with E-state index in [1.54, 1.807) is 11.8 Å². The third-order valence-electron chi connectivity index (χ3n) is 2.07. The van der Waals surface area contributed by atoms with Gasteiger partial charge in [0.2, 0.25) is 0 Å². The van der Waals surface area contributed by atoms with Gasteiger partial charge in [0.1, 0.15) is 0 Å². The van der Waals surface area contributed by atoms with Crippen molar-refractivity contribution < 1.29 is 5.11 Å². The summed E-state index contributed by atoms with van der Waals surface area (Å²) >= 11 is 1.80. The molecule has 1 aromatic rings. The molecule has 1 rings (SSSR count). The molecule has 2 heteroatoms. The number of hydrogen-bond acceptors (Lipinski definition) is 2. The van der Waals surface area contributed by atoms with Gasteiger partial charge in [0.25, 0.3) is 0 Å². The molecule has 0 aromatic heterocycles. The number of aliphatic hydroxyl groups is 1. The lowest BCUT2D eigenvalue weighted by Gasteiger charge is -2.08. The zero-order valence-electron chi connectivity index (χ0n) is 9.08. The number of hydrogen-bond donors (Lipinski definition) is 1. The van der Waals surface area contributed by atoms with Crippen molar-refractivity contribution in [3.05, 3.63) is 34.9 Å². The first kappa shape index (κ1) is 11.6. The summed E-state index contributed by atoms with van der Waals surface area (Å²) in [7, 11) is 0. The van der Waals surface area contributed by atoms with E-state index in [2.05, 4.69) is 32.0 Å². The first-order valence-corrected chi connectivity index (χ1v) is 5.96. The highest BCUT2D eigenvalue weighted by Gasteiger charge is 2.01. The van der Waals surface area contributed by atoms with Gasteiger partial charge in [-0.05, 0) is 19.4 Å². The molecular weight excluding hydrogens is 192 g/mol. The first-order chi connectivity index (χ1) is 6.61. The monoisotopic (exact) mass is 210 g/mol. The smallest absolute Gasteiger partial charge is 0.0547 e. The largest absolute Gasteiger partial charge is 0.395 e. The zero-order valence-corrected chi connectivity index (χ0v) is 9.90. The van der Waals surface area contributed by atoms with Crippen LogP contribution in [0.3, 0.4) is 0 Å². The van der Waals surface area contributed by atoms with Gasteiger partial charge in [0, 0.05) is 11.0 Å². The summed E-state index contributed by atoms with van der Waals surface area (Å²) in [5, 5.41) is 9.23. The molecule has 0 radical (unpaired) electrons. The molecule has 0 saturated heterocycles. The van der Waals surface area contributed by atoms with Gasteiger partial charge in [0.15, 0.2) is 0 Å². The van der Waals surface area contributed by atoms with Gasteiger partial charge in [-0.25, -0.2) is 0 Å². The van der Waals surface area contributed by atoms with Crippen molar-refractivity contribution in [2.45, 2.75) is 31.8 Å². The summed E-state index contributed by atoms with van der Waals surface area (Å²) in [6.45, 7) is 6.55. The van der Waals surface area contributed by atoms with Gasteiger partial charge in [0.05, 0.1) is 6.61 Å². The molecule has 0 aliphatic rings. The predicted octanol–water partition coefficient (Wildman–Crippen LogP) is 2.92. The fourth-order valence-electron chi connectivity index (χ4n) is 1.44. The molecular formula is C12H18OS. The van der Waals surface area contributed by atoms with Crippen molar-refractivity contribution >= 4 is 11.8 Å². The second-order valence-corrected chi connectivity index (χ2v) is 5.23. The fourth-order valence-corrected chi connectivity index (χ4v) is 2.19. The summed E-state index contributed by atoms with van der Waals surface area (Å²) in [5.41, 5.74) is 3.99. The van der Waals surface area contributed by atoms with E-state index in [9.17, 15) is 0 Å². The number of thioether (sulfide) groups is 1. The molecule has 0 saturated carbocycles. The Morgan fingerprint density at radius 2 is 1.79 bits per heavy atom. The van der Waals surface area contributed by atoms with Crippen molar-refractivity contribution in [1.29, 1.82) is 0 Å². The van der Waals surface area contributed by atoms with E-state index in [0.29, 0.717) is 5.25 Å². The Hall–Kier alpha value is -0.470. The maximum absolute atomic E-state index is 8.90. The van der Waals surface area contributed by atoms with E-state index >= 15 is 0 Å². The first-order valence-electron chi connectivity index (χ1n) is 4.91. The predicted molar refractivity (Wildman–Crippen MR) is 63.8 cm³/mol. The van der Waals surface area contributed by atoms with Crippen LogP contribution in [0.2, 0.25) is 0 Å². The Kier molecular flexibility index (Phi) is 4.49. The lowest BCUT2D eigenvalue weighted by atomic mass is 10.1. The zero-order chi connectivity index (χ0) is 10.6. The third-order valence-corrected chi connectivity index (χ3v) is 3.29. The van der Waals surface area contributed by atoms with Gasteiger partial charge in [-0.3, -0.25) is 0 Å². The molecule has 1 aromatic carbocycles. The van der Waals surface area contributed by atoms with Crippen LogP contribution in [0.25, 0.3) is 0 Å². The van der Waals surface area contributed by atoms with Crippen LogP contribution in [-0.4, -0.2) is 17.0 Å². The minimum Gasteiger partial charge on any atom is -0.395 e. The van der Waals surface area contributed by atoms with Crippen LogP contribution < -0.4 is 0 Å². The van der Waals surface area contributed by atoms with Gasteiger partial charge in [-0.1, -0.05) is 36.2 Å². The van der Waals surface area contributed by atoms with Crippen LogP contribution in [0.5, 0.6) is 0 Å². The Balaban J connectivity index is 2.58. The Morgan fingerprint density at radius 3 is 2.29 bits per heavy atom. The molecule has 1 atom stereocenters. The number of rotatable bonds is 4. The molecule has 78 valence electrons. The third kappa shape index (κ3) is 3.72. The van der Waals surface area contributed by atoms with E-state index < -0.39 is 0 Å². The molecule has 0 fully saturated rings. The maximum atomic E-state index is 8.90. The SMILES string of the molecule is Cc1cc(C)cc(CSC(C)CO)c1.